The summed E-state index contributed by atoms with van der Waals surface area (Å²) in [6, 6.07) is 11.9. The van der Waals surface area contributed by atoms with Gasteiger partial charge in [0.25, 0.3) is 5.91 Å². The first-order valence-corrected chi connectivity index (χ1v) is 12.4. The molecule has 2 heterocycles. The number of furan rings is 1. The molecule has 1 aromatic carbocycles. The van der Waals surface area contributed by atoms with Gasteiger partial charge in [-0.1, -0.05) is 31.0 Å². The molecule has 8 heteroatoms. The van der Waals surface area contributed by atoms with E-state index in [1.54, 1.807) is 6.07 Å². The standard InChI is InChI=1S/C26H29N3O4S/c1-17-8-5-11-20(18(17)2)29(23(30)16-27-25(31)21-12-6-14-33-21)24(22-13-7-15-34-22)26(32)28-19-9-3-4-10-19/h5-8,11-15,19,24H,3-4,9-10,16H2,1-2H3,(H,27,31)(H,28,32). The van der Waals surface area contributed by atoms with E-state index in [9.17, 15) is 14.4 Å². The van der Waals surface area contributed by atoms with Gasteiger partial charge in [0.2, 0.25) is 11.8 Å². The summed E-state index contributed by atoms with van der Waals surface area (Å²) in [7, 11) is 0. The third-order valence-electron chi connectivity index (χ3n) is 6.27. The molecule has 1 fully saturated rings. The highest BCUT2D eigenvalue weighted by atomic mass is 32.1. The van der Waals surface area contributed by atoms with Crippen molar-refractivity contribution in [3.8, 4) is 0 Å². The molecule has 2 aromatic heterocycles. The van der Waals surface area contributed by atoms with Crippen LogP contribution in [0.15, 0.2) is 58.5 Å². The molecule has 0 radical (unpaired) electrons. The van der Waals surface area contributed by atoms with Crippen molar-refractivity contribution in [3.63, 3.8) is 0 Å². The first-order chi connectivity index (χ1) is 16.5. The molecule has 0 aliphatic heterocycles. The summed E-state index contributed by atoms with van der Waals surface area (Å²) in [6.45, 7) is 3.64. The molecule has 178 valence electrons. The molecular formula is C26H29N3O4S. The number of hydrogen-bond donors (Lipinski definition) is 2. The highest BCUT2D eigenvalue weighted by Crippen LogP contribution is 2.34. The molecule has 3 aromatic rings. The quantitative estimate of drug-likeness (QED) is 0.497. The fourth-order valence-electron chi connectivity index (χ4n) is 4.32. The van der Waals surface area contributed by atoms with Crippen LogP contribution in [0.5, 0.6) is 0 Å². The van der Waals surface area contributed by atoms with Gasteiger partial charge in [-0.3, -0.25) is 19.3 Å². The Bertz CT molecular complexity index is 1140. The maximum Gasteiger partial charge on any atom is 0.287 e. The third kappa shape index (κ3) is 5.22. The fourth-order valence-corrected chi connectivity index (χ4v) is 5.13. The fraction of sp³-hybridized carbons (Fsp3) is 0.346. The number of rotatable bonds is 8. The number of thiophene rings is 1. The smallest absolute Gasteiger partial charge is 0.287 e. The maximum absolute atomic E-state index is 13.7. The maximum atomic E-state index is 13.7. The first-order valence-electron chi connectivity index (χ1n) is 11.5. The Hall–Kier alpha value is -3.39. The number of aryl methyl sites for hydroxylation is 1. The van der Waals surface area contributed by atoms with Gasteiger partial charge in [-0.25, -0.2) is 0 Å². The van der Waals surface area contributed by atoms with Crippen molar-refractivity contribution in [2.75, 3.05) is 11.4 Å². The third-order valence-corrected chi connectivity index (χ3v) is 7.19. The molecule has 1 atom stereocenters. The Kier molecular flexibility index (Phi) is 7.47. The Morgan fingerprint density at radius 2 is 1.88 bits per heavy atom. The Labute approximate surface area is 203 Å². The number of anilines is 1. The van der Waals surface area contributed by atoms with Crippen molar-refractivity contribution in [1.29, 1.82) is 0 Å². The van der Waals surface area contributed by atoms with Crippen LogP contribution in [-0.4, -0.2) is 30.3 Å². The van der Waals surface area contributed by atoms with Gasteiger partial charge in [-0.15, -0.1) is 11.3 Å². The summed E-state index contributed by atoms with van der Waals surface area (Å²) in [5.74, 6) is -0.947. The number of carbonyl (C=O) groups excluding carboxylic acids is 3. The van der Waals surface area contributed by atoms with Crippen LogP contribution in [0.1, 0.15) is 58.3 Å². The number of hydrogen-bond acceptors (Lipinski definition) is 5. The molecule has 0 spiro atoms. The molecule has 34 heavy (non-hydrogen) atoms. The number of nitrogens with one attached hydrogen (secondary N) is 2. The molecule has 4 rings (SSSR count). The molecule has 1 aliphatic carbocycles. The van der Waals surface area contributed by atoms with Crippen LogP contribution < -0.4 is 15.5 Å². The predicted molar refractivity (Wildman–Crippen MR) is 132 cm³/mol. The van der Waals surface area contributed by atoms with Crippen LogP contribution in [0.25, 0.3) is 0 Å². The topological polar surface area (TPSA) is 91.7 Å². The average molecular weight is 480 g/mol. The summed E-state index contributed by atoms with van der Waals surface area (Å²) >= 11 is 1.43. The van der Waals surface area contributed by atoms with E-state index in [1.807, 2.05) is 49.6 Å². The van der Waals surface area contributed by atoms with E-state index >= 15 is 0 Å². The molecule has 0 saturated heterocycles. The van der Waals surface area contributed by atoms with Crippen molar-refractivity contribution in [3.05, 3.63) is 75.9 Å². The van der Waals surface area contributed by atoms with Gasteiger partial charge in [-0.2, -0.15) is 0 Å². The van der Waals surface area contributed by atoms with Gasteiger partial charge >= 0.3 is 0 Å². The molecule has 1 aliphatic rings. The van der Waals surface area contributed by atoms with Crippen LogP contribution >= 0.6 is 11.3 Å². The monoisotopic (exact) mass is 479 g/mol. The summed E-state index contributed by atoms with van der Waals surface area (Å²) in [6.07, 6.45) is 5.47. The summed E-state index contributed by atoms with van der Waals surface area (Å²) < 4.78 is 5.13. The van der Waals surface area contributed by atoms with Crippen molar-refractivity contribution in [1.82, 2.24) is 10.6 Å². The second kappa shape index (κ2) is 10.7. The second-order valence-corrected chi connectivity index (χ2v) is 9.53. The van der Waals surface area contributed by atoms with Gasteiger partial charge in [0, 0.05) is 16.6 Å². The van der Waals surface area contributed by atoms with Gasteiger partial charge < -0.3 is 15.1 Å². The van der Waals surface area contributed by atoms with Gasteiger partial charge in [0.1, 0.15) is 6.04 Å². The average Bonchev–Trinajstić information content (AvgIpc) is 3.61. The number of carbonyl (C=O) groups is 3. The lowest BCUT2D eigenvalue weighted by molar-refractivity contribution is -0.126. The zero-order valence-corrected chi connectivity index (χ0v) is 20.2. The van der Waals surface area contributed by atoms with E-state index in [0.717, 1.165) is 41.7 Å². The zero-order valence-electron chi connectivity index (χ0n) is 19.4. The normalized spacial score (nSPS) is 14.5. The van der Waals surface area contributed by atoms with E-state index in [1.165, 1.54) is 28.6 Å². The molecule has 0 bridgehead atoms. The number of benzene rings is 1. The molecule has 3 amide bonds. The summed E-state index contributed by atoms with van der Waals surface area (Å²) in [5, 5.41) is 7.69. The van der Waals surface area contributed by atoms with Crippen molar-refractivity contribution < 1.29 is 18.8 Å². The van der Waals surface area contributed by atoms with Crippen LogP contribution in [0, 0.1) is 13.8 Å². The molecule has 2 N–H and O–H groups in total. The minimum Gasteiger partial charge on any atom is -0.459 e. The Balaban J connectivity index is 1.68. The highest BCUT2D eigenvalue weighted by Gasteiger charge is 2.35. The van der Waals surface area contributed by atoms with E-state index in [2.05, 4.69) is 10.6 Å². The van der Waals surface area contributed by atoms with Crippen LogP contribution in [0.4, 0.5) is 5.69 Å². The van der Waals surface area contributed by atoms with Crippen molar-refractivity contribution >= 4 is 34.7 Å². The van der Waals surface area contributed by atoms with Crippen molar-refractivity contribution in [2.24, 2.45) is 0 Å². The minimum atomic E-state index is -0.839. The van der Waals surface area contributed by atoms with Crippen LogP contribution in [-0.2, 0) is 9.59 Å². The number of nitrogens with zero attached hydrogens (tertiary/aromatic N) is 1. The lowest BCUT2D eigenvalue weighted by Crippen LogP contribution is -2.49. The largest absolute Gasteiger partial charge is 0.459 e. The number of amides is 3. The van der Waals surface area contributed by atoms with E-state index < -0.39 is 11.9 Å². The molecule has 7 nitrogen and oxygen atoms in total. The Morgan fingerprint density at radius 3 is 2.56 bits per heavy atom. The van der Waals surface area contributed by atoms with E-state index in [0.29, 0.717) is 5.69 Å². The van der Waals surface area contributed by atoms with Crippen molar-refractivity contribution in [2.45, 2.75) is 51.6 Å². The zero-order chi connectivity index (χ0) is 24.1. The Morgan fingerprint density at radius 1 is 1.09 bits per heavy atom. The van der Waals surface area contributed by atoms with Gasteiger partial charge in [0.05, 0.1) is 12.8 Å². The van der Waals surface area contributed by atoms with E-state index in [-0.39, 0.29) is 30.2 Å². The second-order valence-electron chi connectivity index (χ2n) is 8.55. The van der Waals surface area contributed by atoms with Gasteiger partial charge in [-0.05, 0) is 67.5 Å². The molecular weight excluding hydrogens is 450 g/mol. The van der Waals surface area contributed by atoms with Crippen LogP contribution in [0.2, 0.25) is 0 Å². The lowest BCUT2D eigenvalue weighted by atomic mass is 10.0. The SMILES string of the molecule is Cc1cccc(N(C(=O)CNC(=O)c2ccco2)C(C(=O)NC2CCCC2)c2cccs2)c1C. The molecule has 1 saturated carbocycles. The predicted octanol–water partition coefficient (Wildman–Crippen LogP) is 4.52. The lowest BCUT2D eigenvalue weighted by Gasteiger charge is -2.33. The minimum absolute atomic E-state index is 0.115. The van der Waals surface area contributed by atoms with Gasteiger partial charge in [0.15, 0.2) is 5.76 Å². The van der Waals surface area contributed by atoms with Crippen LogP contribution in [0.3, 0.4) is 0 Å². The summed E-state index contributed by atoms with van der Waals surface area (Å²) in [5.41, 5.74) is 2.57. The summed E-state index contributed by atoms with van der Waals surface area (Å²) in [4.78, 5) is 42.0. The first kappa shape index (κ1) is 23.8. The molecule has 1 unspecified atom stereocenters. The van der Waals surface area contributed by atoms with E-state index in [4.69, 9.17) is 4.42 Å². The highest BCUT2D eigenvalue weighted by molar-refractivity contribution is 7.10.